The first kappa shape index (κ1) is 28.2. The maximum Gasteiger partial charge on any atom is 0.264 e. The molecule has 1 unspecified atom stereocenters. The smallest absolute Gasteiger partial charge is 0.264 e. The Morgan fingerprint density at radius 3 is 2.30 bits per heavy atom. The number of fused-ring (bicyclic) bond motifs is 1. The summed E-state index contributed by atoms with van der Waals surface area (Å²) in [5, 5.41) is 3.04. The van der Waals surface area contributed by atoms with Crippen molar-refractivity contribution in [2.24, 2.45) is 0 Å². The van der Waals surface area contributed by atoms with E-state index in [-0.39, 0.29) is 40.9 Å². The molecule has 13 heteroatoms. The summed E-state index contributed by atoms with van der Waals surface area (Å²) in [6.07, 6.45) is 0.613. The molecule has 1 fully saturated rings. The molecule has 1 saturated heterocycles. The predicted octanol–water partition coefficient (Wildman–Crippen LogP) is 3.28. The highest BCUT2D eigenvalue weighted by Crippen LogP contribution is 2.38. The van der Waals surface area contributed by atoms with Crippen molar-refractivity contribution in [3.63, 3.8) is 0 Å². The number of anilines is 1. The van der Waals surface area contributed by atoms with Gasteiger partial charge in [-0.05, 0) is 67.4 Å². The van der Waals surface area contributed by atoms with Crippen molar-refractivity contribution in [2.45, 2.75) is 28.7 Å². The number of benzene rings is 3. The van der Waals surface area contributed by atoms with E-state index in [1.165, 1.54) is 40.7 Å². The molecule has 10 nitrogen and oxygen atoms in total. The lowest BCUT2D eigenvalue weighted by Crippen LogP contribution is -2.51. The zero-order valence-electron chi connectivity index (χ0n) is 21.4. The van der Waals surface area contributed by atoms with Gasteiger partial charge in [-0.15, -0.1) is 0 Å². The summed E-state index contributed by atoms with van der Waals surface area (Å²) in [5.74, 6) is 0.162. The first-order valence-electron chi connectivity index (χ1n) is 12.7. The van der Waals surface area contributed by atoms with Gasteiger partial charge in [-0.25, -0.2) is 16.8 Å². The molecule has 1 atom stereocenters. The first-order chi connectivity index (χ1) is 19.2. The molecular weight excluding hydrogens is 578 g/mol. The second-order valence-corrected chi connectivity index (χ2v) is 13.5. The number of rotatable bonds is 9. The maximum absolute atomic E-state index is 13.4. The molecule has 5 rings (SSSR count). The average molecular weight is 606 g/mol. The number of halogens is 1. The van der Waals surface area contributed by atoms with Gasteiger partial charge in [0, 0.05) is 18.1 Å². The Morgan fingerprint density at radius 1 is 0.925 bits per heavy atom. The van der Waals surface area contributed by atoms with Crippen molar-refractivity contribution in [3.8, 4) is 11.5 Å². The first-order valence-corrected chi connectivity index (χ1v) is 16.0. The molecule has 0 aromatic heterocycles. The van der Waals surface area contributed by atoms with E-state index >= 15 is 0 Å². The molecule has 0 spiro atoms. The molecule has 2 heterocycles. The van der Waals surface area contributed by atoms with Crippen molar-refractivity contribution in [1.82, 2.24) is 9.62 Å². The zero-order chi connectivity index (χ0) is 28.3. The Morgan fingerprint density at radius 2 is 1.60 bits per heavy atom. The molecule has 0 bridgehead atoms. The van der Waals surface area contributed by atoms with E-state index in [2.05, 4.69) is 5.32 Å². The van der Waals surface area contributed by atoms with Crippen LogP contribution in [0.25, 0.3) is 0 Å². The van der Waals surface area contributed by atoms with Gasteiger partial charge in [0.1, 0.15) is 18.1 Å². The standard InChI is InChI=1S/C27H28ClN3O7S2/c28-20-8-13-25-24(18-20)31(40(35,36)22-6-2-1-3-7-22)19-26(38-25)27(32)29-14-17-37-21-9-11-23(12-10-21)39(33,34)30-15-4-5-16-30/h1-3,6-13,18,26H,4-5,14-17,19H2,(H,29,32). The number of hydrogen-bond donors (Lipinski definition) is 1. The fourth-order valence-electron chi connectivity index (χ4n) is 4.55. The van der Waals surface area contributed by atoms with E-state index in [4.69, 9.17) is 21.1 Å². The molecule has 212 valence electrons. The number of nitrogens with one attached hydrogen (secondary N) is 1. The van der Waals surface area contributed by atoms with Crippen LogP contribution in [-0.2, 0) is 24.8 Å². The third kappa shape index (κ3) is 5.90. The lowest BCUT2D eigenvalue weighted by molar-refractivity contribution is -0.127. The Kier molecular flexibility index (Phi) is 8.22. The van der Waals surface area contributed by atoms with Gasteiger partial charge in [0.05, 0.1) is 28.6 Å². The highest BCUT2D eigenvalue weighted by molar-refractivity contribution is 7.92. The highest BCUT2D eigenvalue weighted by atomic mass is 35.5. The van der Waals surface area contributed by atoms with Crippen LogP contribution in [0.15, 0.2) is 82.6 Å². The molecule has 3 aromatic rings. The molecule has 0 saturated carbocycles. The summed E-state index contributed by atoms with van der Waals surface area (Å²) in [5.41, 5.74) is 0.249. The van der Waals surface area contributed by atoms with Crippen molar-refractivity contribution >= 4 is 43.2 Å². The van der Waals surface area contributed by atoms with E-state index in [1.807, 2.05) is 0 Å². The summed E-state index contributed by atoms with van der Waals surface area (Å²) >= 11 is 6.13. The Bertz CT molecular complexity index is 1580. The van der Waals surface area contributed by atoms with E-state index < -0.39 is 32.1 Å². The largest absolute Gasteiger partial charge is 0.492 e. The van der Waals surface area contributed by atoms with Crippen molar-refractivity contribution in [2.75, 3.05) is 37.1 Å². The van der Waals surface area contributed by atoms with Crippen LogP contribution < -0.4 is 19.1 Å². The van der Waals surface area contributed by atoms with Crippen molar-refractivity contribution < 1.29 is 31.1 Å². The van der Waals surface area contributed by atoms with Gasteiger partial charge in [-0.3, -0.25) is 9.10 Å². The van der Waals surface area contributed by atoms with Crippen LogP contribution >= 0.6 is 11.6 Å². The normalized spacial score (nSPS) is 17.6. The minimum absolute atomic E-state index is 0.0784. The Hall–Kier alpha value is -3.32. The number of carbonyl (C=O) groups excluding carboxylic acids is 1. The SMILES string of the molecule is O=C(NCCOc1ccc(S(=O)(=O)N2CCCC2)cc1)C1CN(S(=O)(=O)c2ccccc2)c2cc(Cl)ccc2O1. The van der Waals surface area contributed by atoms with E-state index in [1.54, 1.807) is 36.4 Å². The highest BCUT2D eigenvalue weighted by Gasteiger charge is 2.37. The molecule has 3 aromatic carbocycles. The van der Waals surface area contributed by atoms with Crippen LogP contribution in [0.1, 0.15) is 12.8 Å². The molecule has 1 N–H and O–H groups in total. The summed E-state index contributed by atoms with van der Waals surface area (Å²) in [4.78, 5) is 13.3. The molecular formula is C27H28ClN3O7S2. The number of amides is 1. The van der Waals surface area contributed by atoms with E-state index in [9.17, 15) is 21.6 Å². The van der Waals surface area contributed by atoms with Crippen LogP contribution in [0.2, 0.25) is 5.02 Å². The van der Waals surface area contributed by atoms with Crippen LogP contribution in [-0.4, -0.2) is 65.9 Å². The fourth-order valence-corrected chi connectivity index (χ4v) is 7.72. The van der Waals surface area contributed by atoms with Gasteiger partial charge < -0.3 is 14.8 Å². The summed E-state index contributed by atoms with van der Waals surface area (Å²) in [7, 11) is -7.50. The molecule has 0 aliphatic carbocycles. The van der Waals surface area contributed by atoms with Crippen LogP contribution in [0.4, 0.5) is 5.69 Å². The number of nitrogens with zero attached hydrogens (tertiary/aromatic N) is 2. The van der Waals surface area contributed by atoms with Gasteiger partial charge in [0.25, 0.3) is 15.9 Å². The fraction of sp³-hybridized carbons (Fsp3) is 0.296. The number of sulfonamides is 2. The molecule has 1 amide bonds. The zero-order valence-corrected chi connectivity index (χ0v) is 23.8. The van der Waals surface area contributed by atoms with Crippen molar-refractivity contribution in [1.29, 1.82) is 0 Å². The molecule has 2 aliphatic heterocycles. The Labute approximate surface area is 238 Å². The van der Waals surface area contributed by atoms with E-state index in [0.717, 1.165) is 17.1 Å². The molecule has 40 heavy (non-hydrogen) atoms. The monoisotopic (exact) mass is 605 g/mol. The average Bonchev–Trinajstić information content (AvgIpc) is 3.52. The van der Waals surface area contributed by atoms with Crippen LogP contribution in [0.3, 0.4) is 0 Å². The van der Waals surface area contributed by atoms with Gasteiger partial charge in [0.2, 0.25) is 10.0 Å². The second-order valence-electron chi connectivity index (χ2n) is 9.29. The Balaban J connectivity index is 1.20. The minimum Gasteiger partial charge on any atom is -0.492 e. The summed E-state index contributed by atoms with van der Waals surface area (Å²) in [6, 6.07) is 18.6. The van der Waals surface area contributed by atoms with Gasteiger partial charge in [-0.2, -0.15) is 4.31 Å². The lowest BCUT2D eigenvalue weighted by Gasteiger charge is -2.34. The number of ether oxygens (including phenoxy) is 2. The van der Waals surface area contributed by atoms with Gasteiger partial charge in [0.15, 0.2) is 6.10 Å². The maximum atomic E-state index is 13.4. The molecule has 2 aliphatic rings. The predicted molar refractivity (Wildman–Crippen MR) is 150 cm³/mol. The number of hydrogen-bond acceptors (Lipinski definition) is 7. The van der Waals surface area contributed by atoms with E-state index in [0.29, 0.717) is 23.9 Å². The number of carbonyl (C=O) groups is 1. The quantitative estimate of drug-likeness (QED) is 0.372. The van der Waals surface area contributed by atoms with Gasteiger partial charge in [-0.1, -0.05) is 29.8 Å². The third-order valence-electron chi connectivity index (χ3n) is 6.61. The second kappa shape index (κ2) is 11.7. The third-order valence-corrected chi connectivity index (χ3v) is 10.6. The lowest BCUT2D eigenvalue weighted by atomic mass is 10.2. The summed E-state index contributed by atoms with van der Waals surface area (Å²) in [6.45, 7) is 1.03. The topological polar surface area (TPSA) is 122 Å². The van der Waals surface area contributed by atoms with Crippen LogP contribution in [0, 0.1) is 0 Å². The van der Waals surface area contributed by atoms with Crippen molar-refractivity contribution in [3.05, 3.63) is 77.8 Å². The summed E-state index contributed by atoms with van der Waals surface area (Å²) < 4.78 is 66.3. The van der Waals surface area contributed by atoms with Gasteiger partial charge >= 0.3 is 0 Å². The molecule has 0 radical (unpaired) electrons. The minimum atomic E-state index is -4.00. The van der Waals surface area contributed by atoms with Crippen LogP contribution in [0.5, 0.6) is 11.5 Å².